The summed E-state index contributed by atoms with van der Waals surface area (Å²) in [6, 6.07) is 0. The number of phosphoric acid groups is 2. The second-order valence-electron chi connectivity index (χ2n) is 29.8. The number of carbonyl (C=O) groups is 4. The molecule has 0 aromatic carbocycles. The summed E-state index contributed by atoms with van der Waals surface area (Å²) in [6.45, 7) is 9.57. The van der Waals surface area contributed by atoms with Gasteiger partial charge in [0, 0.05) is 25.7 Å². The van der Waals surface area contributed by atoms with Gasteiger partial charge in [0.1, 0.15) is 19.3 Å². The Hall–Kier alpha value is -1.94. The molecule has 0 saturated carbocycles. The molecule has 17 nitrogen and oxygen atoms in total. The Labute approximate surface area is 607 Å². The van der Waals surface area contributed by atoms with E-state index in [-0.39, 0.29) is 25.7 Å². The van der Waals surface area contributed by atoms with Crippen molar-refractivity contribution in [3.05, 3.63) is 0 Å². The van der Waals surface area contributed by atoms with Crippen LogP contribution in [0.3, 0.4) is 0 Å². The predicted molar refractivity (Wildman–Crippen MR) is 405 cm³/mol. The number of phosphoric ester groups is 2. The second-order valence-corrected chi connectivity index (χ2v) is 32.7. The van der Waals surface area contributed by atoms with E-state index in [0.29, 0.717) is 31.6 Å². The molecule has 0 saturated heterocycles. The molecule has 0 aliphatic heterocycles. The number of hydrogen-bond acceptors (Lipinski definition) is 15. The number of aliphatic hydroxyl groups excluding tert-OH is 1. The van der Waals surface area contributed by atoms with Gasteiger partial charge in [-0.3, -0.25) is 37.3 Å². The van der Waals surface area contributed by atoms with E-state index in [1.165, 1.54) is 231 Å². The Balaban J connectivity index is 5.23. The fraction of sp³-hybridized carbons (Fsp3) is 0.950. The zero-order chi connectivity index (χ0) is 72.8. The topological polar surface area (TPSA) is 237 Å². The zero-order valence-electron chi connectivity index (χ0n) is 64.8. The molecule has 2 unspecified atom stereocenters. The smallest absolute Gasteiger partial charge is 0.462 e. The lowest BCUT2D eigenvalue weighted by Crippen LogP contribution is -2.30. The summed E-state index contributed by atoms with van der Waals surface area (Å²) in [5.74, 6) is -0.645. The first-order valence-electron chi connectivity index (χ1n) is 41.5. The Morgan fingerprint density at radius 1 is 0.273 bits per heavy atom. The van der Waals surface area contributed by atoms with E-state index in [0.717, 1.165) is 102 Å². The van der Waals surface area contributed by atoms with Crippen LogP contribution in [-0.2, 0) is 65.4 Å². The van der Waals surface area contributed by atoms with Crippen LogP contribution >= 0.6 is 15.6 Å². The highest BCUT2D eigenvalue weighted by Gasteiger charge is 2.30. The van der Waals surface area contributed by atoms with E-state index in [4.69, 9.17) is 37.0 Å². The van der Waals surface area contributed by atoms with Gasteiger partial charge in [-0.05, 0) is 37.5 Å². The van der Waals surface area contributed by atoms with Crippen LogP contribution in [0, 0.1) is 11.8 Å². The molecular weight excluding hydrogens is 1290 g/mol. The first-order valence-corrected chi connectivity index (χ1v) is 44.5. The lowest BCUT2D eigenvalue weighted by molar-refractivity contribution is -0.161. The largest absolute Gasteiger partial charge is 0.472 e. The lowest BCUT2D eigenvalue weighted by Gasteiger charge is -2.21. The number of ether oxygens (including phenoxy) is 4. The van der Waals surface area contributed by atoms with Crippen molar-refractivity contribution in [3.63, 3.8) is 0 Å². The summed E-state index contributed by atoms with van der Waals surface area (Å²) in [7, 11) is -9.92. The predicted octanol–water partition coefficient (Wildman–Crippen LogP) is 23.9. The van der Waals surface area contributed by atoms with Gasteiger partial charge in [-0.15, -0.1) is 0 Å². The van der Waals surface area contributed by atoms with Crippen molar-refractivity contribution in [1.29, 1.82) is 0 Å². The Bertz CT molecular complexity index is 1910. The van der Waals surface area contributed by atoms with Gasteiger partial charge in [0.15, 0.2) is 12.2 Å². The maximum Gasteiger partial charge on any atom is 0.472 e. The molecule has 0 aliphatic carbocycles. The highest BCUT2D eigenvalue weighted by Crippen LogP contribution is 2.45. The van der Waals surface area contributed by atoms with E-state index in [1.807, 2.05) is 0 Å². The minimum absolute atomic E-state index is 0.106. The molecule has 0 radical (unpaired) electrons. The van der Waals surface area contributed by atoms with Gasteiger partial charge in [0.2, 0.25) is 0 Å². The third kappa shape index (κ3) is 74.1. The first-order chi connectivity index (χ1) is 47.9. The van der Waals surface area contributed by atoms with Gasteiger partial charge in [-0.25, -0.2) is 9.13 Å². The Morgan fingerprint density at radius 2 is 0.465 bits per heavy atom. The van der Waals surface area contributed by atoms with Crippen LogP contribution in [0.5, 0.6) is 0 Å². The van der Waals surface area contributed by atoms with Gasteiger partial charge in [-0.2, -0.15) is 0 Å². The van der Waals surface area contributed by atoms with Crippen LogP contribution in [0.1, 0.15) is 420 Å². The maximum atomic E-state index is 13.1. The van der Waals surface area contributed by atoms with Gasteiger partial charge in [0.25, 0.3) is 0 Å². The molecular formula is C80H156O17P2. The third-order valence-electron chi connectivity index (χ3n) is 18.7. The van der Waals surface area contributed by atoms with Crippen molar-refractivity contribution in [2.75, 3.05) is 39.6 Å². The number of carbonyl (C=O) groups excluding carboxylic acids is 4. The average Bonchev–Trinajstić information content (AvgIpc) is 1.26. The van der Waals surface area contributed by atoms with E-state index in [2.05, 4.69) is 41.5 Å². The summed E-state index contributed by atoms with van der Waals surface area (Å²) >= 11 is 0. The molecule has 0 aliphatic rings. The maximum absolute atomic E-state index is 13.1. The molecule has 0 aromatic rings. The Morgan fingerprint density at radius 3 is 0.687 bits per heavy atom. The SMILES string of the molecule is CCCCCCCCCCCCCCCCCCCC(=O)OC[C@H](COP(=O)(O)OC[C@@H](O)COP(=O)(O)OC[C@@H](COC(=O)CCCCCCCCC(C)C)OC(=O)CCCCCCCCCCCCCCCC(C)C)OC(=O)CCCCCCCCCCCCCCCCCCC. The molecule has 0 amide bonds. The normalized spacial score (nSPS) is 13.9. The first kappa shape index (κ1) is 97.1. The molecule has 0 spiro atoms. The fourth-order valence-electron chi connectivity index (χ4n) is 12.4. The van der Waals surface area contributed by atoms with Crippen molar-refractivity contribution in [2.45, 2.75) is 439 Å². The van der Waals surface area contributed by atoms with Crippen LogP contribution in [0.2, 0.25) is 0 Å². The van der Waals surface area contributed by atoms with E-state index in [9.17, 15) is 43.2 Å². The molecule has 0 heterocycles. The number of esters is 4. The van der Waals surface area contributed by atoms with Gasteiger partial charge >= 0.3 is 39.5 Å². The molecule has 0 rings (SSSR count). The van der Waals surface area contributed by atoms with Crippen LogP contribution in [0.25, 0.3) is 0 Å². The van der Waals surface area contributed by atoms with Crippen molar-refractivity contribution >= 4 is 39.5 Å². The number of unbranched alkanes of at least 4 members (excludes halogenated alkanes) is 49. The van der Waals surface area contributed by atoms with Crippen LogP contribution in [0.4, 0.5) is 0 Å². The number of hydrogen-bond donors (Lipinski definition) is 3. The summed E-state index contributed by atoms with van der Waals surface area (Å²) < 4.78 is 68.7. The highest BCUT2D eigenvalue weighted by atomic mass is 31.2. The average molecular weight is 1450 g/mol. The summed E-state index contributed by atoms with van der Waals surface area (Å²) in [6.07, 6.45) is 61.2. The monoisotopic (exact) mass is 1450 g/mol. The van der Waals surface area contributed by atoms with Crippen LogP contribution < -0.4 is 0 Å². The van der Waals surface area contributed by atoms with Gasteiger partial charge in [-0.1, -0.05) is 369 Å². The van der Waals surface area contributed by atoms with Crippen LogP contribution in [-0.4, -0.2) is 96.7 Å². The van der Waals surface area contributed by atoms with Crippen molar-refractivity contribution in [2.24, 2.45) is 11.8 Å². The van der Waals surface area contributed by atoms with Crippen molar-refractivity contribution in [1.82, 2.24) is 0 Å². The van der Waals surface area contributed by atoms with Crippen molar-refractivity contribution < 1.29 is 80.2 Å². The quantitative estimate of drug-likeness (QED) is 0.0222. The lowest BCUT2D eigenvalue weighted by atomic mass is 10.0. The number of rotatable bonds is 79. The molecule has 0 fully saturated rings. The highest BCUT2D eigenvalue weighted by molar-refractivity contribution is 7.47. The minimum atomic E-state index is -4.96. The molecule has 3 N–H and O–H groups in total. The third-order valence-corrected chi connectivity index (χ3v) is 20.6. The molecule has 99 heavy (non-hydrogen) atoms. The minimum Gasteiger partial charge on any atom is -0.462 e. The van der Waals surface area contributed by atoms with E-state index < -0.39 is 97.5 Å². The zero-order valence-corrected chi connectivity index (χ0v) is 66.6. The number of aliphatic hydroxyl groups is 1. The van der Waals surface area contributed by atoms with E-state index >= 15 is 0 Å². The summed E-state index contributed by atoms with van der Waals surface area (Å²) in [4.78, 5) is 73.0. The van der Waals surface area contributed by atoms with Gasteiger partial charge < -0.3 is 33.8 Å². The molecule has 5 atom stereocenters. The molecule has 0 bridgehead atoms. The summed E-state index contributed by atoms with van der Waals surface area (Å²) in [5.41, 5.74) is 0. The second kappa shape index (κ2) is 71.7. The molecule has 0 aromatic heterocycles. The molecule has 19 heteroatoms. The van der Waals surface area contributed by atoms with E-state index in [1.54, 1.807) is 0 Å². The van der Waals surface area contributed by atoms with Gasteiger partial charge in [0.05, 0.1) is 26.4 Å². The Kier molecular flexibility index (Phi) is 70.3. The fourth-order valence-corrected chi connectivity index (χ4v) is 13.9. The standard InChI is InChI=1S/C80H156O17P2/c1-7-9-11-13-15-17-19-21-23-25-27-31-35-39-43-50-56-62-77(82)90-68-75(96-79(84)64-58-52-44-40-36-32-28-26-24-22-20-18-16-14-12-10-8-2)70-94-98(86,87)92-66-74(81)67-93-99(88,89)95-71-76(69-91-78(83)63-57-51-47-46-49-55-61-73(5)6)97-80(85)65-59-53-45-41-37-33-29-30-34-38-42-48-54-60-72(3)4/h72-76,81H,7-71H2,1-6H3,(H,86,87)(H,88,89)/t74-,75-,76-/m1/s1. The summed E-state index contributed by atoms with van der Waals surface area (Å²) in [5, 5.41) is 10.6. The molecule has 588 valence electrons. The van der Waals surface area contributed by atoms with Crippen LogP contribution in [0.15, 0.2) is 0 Å². The van der Waals surface area contributed by atoms with Crippen molar-refractivity contribution in [3.8, 4) is 0 Å².